The lowest BCUT2D eigenvalue weighted by Crippen LogP contribution is -2.32. The second-order valence-electron chi connectivity index (χ2n) is 7.30. The molecule has 0 saturated carbocycles. The summed E-state index contributed by atoms with van der Waals surface area (Å²) < 4.78 is 26.2. The summed E-state index contributed by atoms with van der Waals surface area (Å²) in [6.45, 7) is 3.67. The first-order valence-electron chi connectivity index (χ1n) is 9.15. The van der Waals surface area contributed by atoms with Gasteiger partial charge in [0.15, 0.2) is 0 Å². The van der Waals surface area contributed by atoms with Crippen LogP contribution in [0.5, 0.6) is 0 Å². The van der Waals surface area contributed by atoms with Crippen LogP contribution in [0.3, 0.4) is 0 Å². The first-order chi connectivity index (χ1) is 12.3. The summed E-state index contributed by atoms with van der Waals surface area (Å²) in [6.07, 6.45) is 3.08. The van der Waals surface area contributed by atoms with Crippen molar-refractivity contribution in [1.29, 1.82) is 0 Å². The molecule has 2 saturated heterocycles. The van der Waals surface area contributed by atoms with E-state index in [4.69, 9.17) is 5.73 Å². The Morgan fingerprint density at radius 1 is 1.23 bits per heavy atom. The molecule has 7 nitrogen and oxygen atoms in total. The topological polar surface area (TPSA) is 87.0 Å². The number of sulfonamides is 1. The zero-order valence-electron chi connectivity index (χ0n) is 15.5. The third-order valence-corrected chi connectivity index (χ3v) is 7.14. The monoisotopic (exact) mass is 380 g/mol. The Labute approximate surface area is 155 Å². The maximum atomic E-state index is 13.2. The molecule has 0 aliphatic carbocycles. The molecule has 0 radical (unpaired) electrons. The molecular weight excluding hydrogens is 352 g/mol. The molecule has 3 rings (SSSR count). The van der Waals surface area contributed by atoms with Gasteiger partial charge in [-0.3, -0.25) is 4.79 Å². The Morgan fingerprint density at radius 2 is 1.92 bits per heavy atom. The Bertz CT molecular complexity index is 773. The Kier molecular flexibility index (Phi) is 5.55. The number of hydrogen-bond acceptors (Lipinski definition) is 5. The summed E-state index contributed by atoms with van der Waals surface area (Å²) in [5.41, 5.74) is 7.06. The van der Waals surface area contributed by atoms with Crippen LogP contribution in [0.4, 0.5) is 5.69 Å². The molecule has 144 valence electrons. The predicted octanol–water partition coefficient (Wildman–Crippen LogP) is 0.958. The van der Waals surface area contributed by atoms with E-state index in [0.29, 0.717) is 31.1 Å². The molecule has 2 aliphatic heterocycles. The number of nitrogens with two attached hydrogens (primary N) is 1. The highest BCUT2D eigenvalue weighted by Crippen LogP contribution is 2.30. The predicted molar refractivity (Wildman–Crippen MR) is 102 cm³/mol. The third-order valence-electron chi connectivity index (χ3n) is 5.33. The van der Waals surface area contributed by atoms with E-state index in [9.17, 15) is 13.2 Å². The summed E-state index contributed by atoms with van der Waals surface area (Å²) in [4.78, 5) is 17.3. The van der Waals surface area contributed by atoms with E-state index >= 15 is 0 Å². The van der Waals surface area contributed by atoms with Crippen LogP contribution < -0.4 is 10.6 Å². The Morgan fingerprint density at radius 3 is 2.50 bits per heavy atom. The average Bonchev–Trinajstić information content (AvgIpc) is 3.32. The van der Waals surface area contributed by atoms with Crippen LogP contribution in [0.2, 0.25) is 0 Å². The van der Waals surface area contributed by atoms with E-state index in [1.807, 2.05) is 0 Å². The molecule has 0 aromatic heterocycles. The molecule has 0 bridgehead atoms. The van der Waals surface area contributed by atoms with Gasteiger partial charge in [0.05, 0.1) is 10.5 Å². The van der Waals surface area contributed by atoms with E-state index in [2.05, 4.69) is 4.90 Å². The van der Waals surface area contributed by atoms with Crippen LogP contribution in [-0.2, 0) is 10.0 Å². The van der Waals surface area contributed by atoms with Gasteiger partial charge in [-0.25, -0.2) is 12.7 Å². The molecule has 1 atom stereocenters. The van der Waals surface area contributed by atoms with E-state index in [1.165, 1.54) is 18.4 Å². The van der Waals surface area contributed by atoms with Crippen molar-refractivity contribution in [2.75, 3.05) is 51.7 Å². The standard InChI is InChI=1S/C18H28N4O3S/c1-20(2)26(24,25)15-5-6-17(21-8-3-4-9-21)16(11-15)18(23)22-10-7-14(12-19)13-22/h5-6,11,14H,3-4,7-10,12-13,19H2,1-2H3. The lowest BCUT2D eigenvalue weighted by Gasteiger charge is -2.25. The molecule has 1 amide bonds. The van der Waals surface area contributed by atoms with Crippen LogP contribution in [0.25, 0.3) is 0 Å². The van der Waals surface area contributed by atoms with Crippen molar-refractivity contribution in [2.24, 2.45) is 11.7 Å². The molecule has 1 aromatic rings. The van der Waals surface area contributed by atoms with Crippen LogP contribution in [0.15, 0.2) is 23.1 Å². The number of anilines is 1. The van der Waals surface area contributed by atoms with Gasteiger partial charge in [-0.05, 0) is 49.9 Å². The van der Waals surface area contributed by atoms with Crippen LogP contribution in [0.1, 0.15) is 29.6 Å². The van der Waals surface area contributed by atoms with Gasteiger partial charge in [0, 0.05) is 46.0 Å². The van der Waals surface area contributed by atoms with Gasteiger partial charge in [-0.1, -0.05) is 0 Å². The van der Waals surface area contributed by atoms with Crippen LogP contribution in [-0.4, -0.2) is 70.3 Å². The Hall–Kier alpha value is -1.64. The van der Waals surface area contributed by atoms with Crippen LogP contribution >= 0.6 is 0 Å². The second-order valence-corrected chi connectivity index (χ2v) is 9.45. The largest absolute Gasteiger partial charge is 0.371 e. The quantitative estimate of drug-likeness (QED) is 0.822. The first kappa shape index (κ1) is 19.1. The minimum atomic E-state index is -3.59. The molecule has 26 heavy (non-hydrogen) atoms. The number of hydrogen-bond donors (Lipinski definition) is 1. The fourth-order valence-electron chi connectivity index (χ4n) is 3.67. The van der Waals surface area contributed by atoms with Crippen molar-refractivity contribution in [1.82, 2.24) is 9.21 Å². The zero-order chi connectivity index (χ0) is 18.9. The minimum Gasteiger partial charge on any atom is -0.371 e. The van der Waals surface area contributed by atoms with Crippen molar-refractivity contribution in [2.45, 2.75) is 24.2 Å². The van der Waals surface area contributed by atoms with Crippen molar-refractivity contribution < 1.29 is 13.2 Å². The number of carbonyl (C=O) groups is 1. The van der Waals surface area contributed by atoms with Gasteiger partial charge >= 0.3 is 0 Å². The molecule has 1 aromatic carbocycles. The smallest absolute Gasteiger partial charge is 0.256 e. The number of benzene rings is 1. The normalized spacial score (nSPS) is 21.0. The van der Waals surface area contributed by atoms with E-state index in [0.717, 1.165) is 38.0 Å². The summed E-state index contributed by atoms with van der Waals surface area (Å²) >= 11 is 0. The molecule has 2 aliphatic rings. The van der Waals surface area contributed by atoms with Gasteiger partial charge in [-0.2, -0.15) is 0 Å². The van der Waals surface area contributed by atoms with Crippen molar-refractivity contribution in [3.63, 3.8) is 0 Å². The summed E-state index contributed by atoms with van der Waals surface area (Å²) in [5.74, 6) is 0.224. The van der Waals surface area contributed by atoms with Crippen molar-refractivity contribution in [3.8, 4) is 0 Å². The lowest BCUT2D eigenvalue weighted by atomic mass is 10.1. The maximum absolute atomic E-state index is 13.2. The highest BCUT2D eigenvalue weighted by atomic mass is 32.2. The average molecular weight is 381 g/mol. The van der Waals surface area contributed by atoms with Crippen molar-refractivity contribution >= 4 is 21.6 Å². The molecule has 0 spiro atoms. The molecule has 2 heterocycles. The minimum absolute atomic E-state index is 0.0985. The van der Waals surface area contributed by atoms with Gasteiger partial charge in [0.1, 0.15) is 0 Å². The highest BCUT2D eigenvalue weighted by molar-refractivity contribution is 7.89. The van der Waals surface area contributed by atoms with Crippen molar-refractivity contribution in [3.05, 3.63) is 23.8 Å². The fourth-order valence-corrected chi connectivity index (χ4v) is 4.60. The SMILES string of the molecule is CN(C)S(=O)(=O)c1ccc(N2CCCC2)c(C(=O)N2CCC(CN)C2)c1. The third kappa shape index (κ3) is 3.58. The number of amides is 1. The summed E-state index contributed by atoms with van der Waals surface area (Å²) in [6, 6.07) is 4.93. The van der Waals surface area contributed by atoms with Gasteiger partial charge in [0.2, 0.25) is 10.0 Å². The molecule has 1 unspecified atom stereocenters. The van der Waals surface area contributed by atoms with Crippen LogP contribution in [0, 0.1) is 5.92 Å². The first-order valence-corrected chi connectivity index (χ1v) is 10.6. The van der Waals surface area contributed by atoms with Gasteiger partial charge < -0.3 is 15.5 Å². The summed E-state index contributed by atoms with van der Waals surface area (Å²) in [5, 5.41) is 0. The van der Waals surface area contributed by atoms with Gasteiger partial charge in [0.25, 0.3) is 5.91 Å². The second kappa shape index (κ2) is 7.54. The number of nitrogens with zero attached hydrogens (tertiary/aromatic N) is 3. The lowest BCUT2D eigenvalue weighted by molar-refractivity contribution is 0.0788. The molecular formula is C18H28N4O3S. The number of rotatable bonds is 5. The van der Waals surface area contributed by atoms with Gasteiger partial charge in [-0.15, -0.1) is 0 Å². The number of likely N-dealkylation sites (tertiary alicyclic amines) is 1. The molecule has 8 heteroatoms. The van der Waals surface area contributed by atoms with E-state index < -0.39 is 10.0 Å². The molecule has 2 N–H and O–H groups in total. The Balaban J connectivity index is 2.00. The zero-order valence-corrected chi connectivity index (χ0v) is 16.3. The summed E-state index contributed by atoms with van der Waals surface area (Å²) in [7, 11) is -0.593. The van der Waals surface area contributed by atoms with E-state index in [-0.39, 0.29) is 10.8 Å². The fraction of sp³-hybridized carbons (Fsp3) is 0.611. The molecule has 2 fully saturated rings. The maximum Gasteiger partial charge on any atom is 0.256 e. The van der Waals surface area contributed by atoms with E-state index in [1.54, 1.807) is 23.1 Å². The highest BCUT2D eigenvalue weighted by Gasteiger charge is 2.30. The number of carbonyl (C=O) groups excluding carboxylic acids is 1.